The first-order valence-electron chi connectivity index (χ1n) is 5.64. The molecule has 82 valence electrons. The molecular formula is C12H19N3. The summed E-state index contributed by atoms with van der Waals surface area (Å²) in [6.07, 6.45) is 5.25. The molecule has 1 aromatic rings. The van der Waals surface area contributed by atoms with Crippen molar-refractivity contribution < 1.29 is 0 Å². The highest BCUT2D eigenvalue weighted by atomic mass is 14.9. The largest absolute Gasteiger partial charge is 0.398 e. The zero-order chi connectivity index (χ0) is 10.7. The van der Waals surface area contributed by atoms with Crippen LogP contribution in [0.2, 0.25) is 0 Å². The fraction of sp³-hybridized carbons (Fsp3) is 0.500. The van der Waals surface area contributed by atoms with E-state index in [-0.39, 0.29) is 0 Å². The van der Waals surface area contributed by atoms with Crippen molar-refractivity contribution in [3.63, 3.8) is 0 Å². The standard InChI is InChI=1S/C12H19N3/c13-8-9-7-11(5-6-12(9)14)15-10-3-1-2-4-10/h5-7,10,15H,1-4,8,13-14H2. The molecule has 0 amide bonds. The van der Waals surface area contributed by atoms with Gasteiger partial charge >= 0.3 is 0 Å². The van der Waals surface area contributed by atoms with Crippen molar-refractivity contribution in [2.24, 2.45) is 5.73 Å². The van der Waals surface area contributed by atoms with Gasteiger partial charge in [0.05, 0.1) is 0 Å². The van der Waals surface area contributed by atoms with Gasteiger partial charge in [0.25, 0.3) is 0 Å². The van der Waals surface area contributed by atoms with E-state index in [9.17, 15) is 0 Å². The van der Waals surface area contributed by atoms with E-state index in [0.717, 1.165) is 16.9 Å². The maximum absolute atomic E-state index is 5.80. The van der Waals surface area contributed by atoms with E-state index in [4.69, 9.17) is 11.5 Å². The average Bonchev–Trinajstić information content (AvgIpc) is 2.73. The number of benzene rings is 1. The molecule has 5 N–H and O–H groups in total. The minimum atomic E-state index is 0.506. The summed E-state index contributed by atoms with van der Waals surface area (Å²) in [6.45, 7) is 0.506. The fourth-order valence-electron chi connectivity index (χ4n) is 2.18. The first-order valence-corrected chi connectivity index (χ1v) is 5.64. The summed E-state index contributed by atoms with van der Waals surface area (Å²) in [5.41, 5.74) is 14.4. The van der Waals surface area contributed by atoms with Crippen LogP contribution in [0.5, 0.6) is 0 Å². The Hall–Kier alpha value is -1.22. The molecule has 0 atom stereocenters. The lowest BCUT2D eigenvalue weighted by molar-refractivity contribution is 0.755. The smallest absolute Gasteiger partial charge is 0.0361 e. The van der Waals surface area contributed by atoms with Gasteiger partial charge in [0.2, 0.25) is 0 Å². The van der Waals surface area contributed by atoms with Gasteiger partial charge in [-0.2, -0.15) is 0 Å². The predicted octanol–water partition coefficient (Wildman–Crippen LogP) is 2.08. The van der Waals surface area contributed by atoms with Crippen molar-refractivity contribution in [2.45, 2.75) is 38.3 Å². The molecule has 3 nitrogen and oxygen atoms in total. The SMILES string of the molecule is NCc1cc(NC2CCCC2)ccc1N. The third-order valence-electron chi connectivity index (χ3n) is 3.09. The van der Waals surface area contributed by atoms with Crippen LogP contribution in [0.15, 0.2) is 18.2 Å². The molecule has 0 saturated heterocycles. The molecule has 1 fully saturated rings. The highest BCUT2D eigenvalue weighted by Gasteiger charge is 2.14. The zero-order valence-corrected chi connectivity index (χ0v) is 9.00. The van der Waals surface area contributed by atoms with Crippen molar-refractivity contribution in [1.82, 2.24) is 0 Å². The van der Waals surface area contributed by atoms with E-state index in [1.54, 1.807) is 0 Å². The van der Waals surface area contributed by atoms with Crippen LogP contribution in [-0.4, -0.2) is 6.04 Å². The summed E-state index contributed by atoms with van der Waals surface area (Å²) in [6, 6.07) is 6.67. The lowest BCUT2D eigenvalue weighted by Crippen LogP contribution is -2.15. The van der Waals surface area contributed by atoms with Gasteiger partial charge in [-0.15, -0.1) is 0 Å². The maximum atomic E-state index is 5.80. The number of rotatable bonds is 3. The Morgan fingerprint density at radius 1 is 1.27 bits per heavy atom. The van der Waals surface area contributed by atoms with E-state index in [0.29, 0.717) is 12.6 Å². The second kappa shape index (κ2) is 4.53. The van der Waals surface area contributed by atoms with Crippen LogP contribution in [0.4, 0.5) is 11.4 Å². The van der Waals surface area contributed by atoms with E-state index in [2.05, 4.69) is 11.4 Å². The van der Waals surface area contributed by atoms with Crippen molar-refractivity contribution in [2.75, 3.05) is 11.1 Å². The van der Waals surface area contributed by atoms with Crippen molar-refractivity contribution in [3.8, 4) is 0 Å². The Morgan fingerprint density at radius 2 is 2.00 bits per heavy atom. The molecule has 0 radical (unpaired) electrons. The summed E-state index contributed by atoms with van der Waals surface area (Å²) in [5.74, 6) is 0. The lowest BCUT2D eigenvalue weighted by atomic mass is 10.1. The number of nitrogens with two attached hydrogens (primary N) is 2. The number of hydrogen-bond acceptors (Lipinski definition) is 3. The number of nitrogen functional groups attached to an aromatic ring is 1. The van der Waals surface area contributed by atoms with Crippen LogP contribution in [0.1, 0.15) is 31.2 Å². The summed E-state index contributed by atoms with van der Waals surface area (Å²) < 4.78 is 0. The van der Waals surface area contributed by atoms with Gasteiger partial charge in [-0.3, -0.25) is 0 Å². The molecule has 0 unspecified atom stereocenters. The topological polar surface area (TPSA) is 64.1 Å². The van der Waals surface area contributed by atoms with Crippen LogP contribution < -0.4 is 16.8 Å². The van der Waals surface area contributed by atoms with Gasteiger partial charge in [0.15, 0.2) is 0 Å². The van der Waals surface area contributed by atoms with Crippen LogP contribution in [0.25, 0.3) is 0 Å². The molecule has 0 heterocycles. The Labute approximate surface area is 90.8 Å². The van der Waals surface area contributed by atoms with E-state index >= 15 is 0 Å². The lowest BCUT2D eigenvalue weighted by Gasteiger charge is -2.15. The number of hydrogen-bond donors (Lipinski definition) is 3. The van der Waals surface area contributed by atoms with Crippen molar-refractivity contribution in [1.29, 1.82) is 0 Å². The molecule has 1 aliphatic rings. The van der Waals surface area contributed by atoms with Crippen LogP contribution in [-0.2, 0) is 6.54 Å². The van der Waals surface area contributed by atoms with Crippen LogP contribution >= 0.6 is 0 Å². The van der Waals surface area contributed by atoms with E-state index in [1.807, 2.05) is 12.1 Å². The Kier molecular flexibility index (Phi) is 3.11. The quantitative estimate of drug-likeness (QED) is 0.662. The maximum Gasteiger partial charge on any atom is 0.0361 e. The van der Waals surface area contributed by atoms with Crippen LogP contribution in [0.3, 0.4) is 0 Å². The minimum Gasteiger partial charge on any atom is -0.398 e. The third kappa shape index (κ3) is 2.42. The summed E-state index contributed by atoms with van der Waals surface area (Å²) in [7, 11) is 0. The molecule has 0 bridgehead atoms. The second-order valence-electron chi connectivity index (χ2n) is 4.24. The monoisotopic (exact) mass is 205 g/mol. The molecule has 1 aromatic carbocycles. The zero-order valence-electron chi connectivity index (χ0n) is 9.00. The summed E-state index contributed by atoms with van der Waals surface area (Å²) in [4.78, 5) is 0. The molecule has 0 aliphatic heterocycles. The van der Waals surface area contributed by atoms with Gasteiger partial charge < -0.3 is 16.8 Å². The third-order valence-corrected chi connectivity index (χ3v) is 3.09. The molecule has 1 aliphatic carbocycles. The Morgan fingerprint density at radius 3 is 2.67 bits per heavy atom. The molecule has 0 spiro atoms. The predicted molar refractivity (Wildman–Crippen MR) is 64.6 cm³/mol. The first kappa shape index (κ1) is 10.3. The number of anilines is 2. The molecule has 15 heavy (non-hydrogen) atoms. The van der Waals surface area contributed by atoms with Crippen molar-refractivity contribution >= 4 is 11.4 Å². The van der Waals surface area contributed by atoms with Crippen molar-refractivity contribution in [3.05, 3.63) is 23.8 Å². The molecular weight excluding hydrogens is 186 g/mol. The first-order chi connectivity index (χ1) is 7.29. The Bertz CT molecular complexity index is 330. The van der Waals surface area contributed by atoms with Crippen LogP contribution in [0, 0.1) is 0 Å². The Balaban J connectivity index is 2.07. The molecule has 0 aromatic heterocycles. The normalized spacial score (nSPS) is 16.9. The highest BCUT2D eigenvalue weighted by Crippen LogP contribution is 2.24. The average molecular weight is 205 g/mol. The van der Waals surface area contributed by atoms with Gasteiger partial charge in [-0.25, -0.2) is 0 Å². The fourth-order valence-corrected chi connectivity index (χ4v) is 2.18. The second-order valence-corrected chi connectivity index (χ2v) is 4.24. The molecule has 2 rings (SSSR count). The van der Waals surface area contributed by atoms with Gasteiger partial charge in [-0.05, 0) is 36.6 Å². The van der Waals surface area contributed by atoms with E-state index < -0.39 is 0 Å². The summed E-state index contributed by atoms with van der Waals surface area (Å²) >= 11 is 0. The van der Waals surface area contributed by atoms with Gasteiger partial charge in [0.1, 0.15) is 0 Å². The molecule has 3 heteroatoms. The van der Waals surface area contributed by atoms with Gasteiger partial charge in [0, 0.05) is 24.0 Å². The minimum absolute atomic E-state index is 0.506. The summed E-state index contributed by atoms with van der Waals surface area (Å²) in [5, 5.41) is 3.53. The molecule has 1 saturated carbocycles. The van der Waals surface area contributed by atoms with E-state index in [1.165, 1.54) is 25.7 Å². The highest BCUT2D eigenvalue weighted by molar-refractivity contribution is 5.57. The van der Waals surface area contributed by atoms with Gasteiger partial charge in [-0.1, -0.05) is 12.8 Å². The number of nitrogens with one attached hydrogen (secondary N) is 1.